The Hall–Kier alpha value is -1.32. The van der Waals surface area contributed by atoms with Crippen LogP contribution in [0.2, 0.25) is 0 Å². The second kappa shape index (κ2) is 10.4. The van der Waals surface area contributed by atoms with E-state index in [4.69, 9.17) is 9.47 Å². The van der Waals surface area contributed by atoms with Gasteiger partial charge in [-0.05, 0) is 37.5 Å². The van der Waals surface area contributed by atoms with Crippen molar-refractivity contribution in [1.29, 1.82) is 0 Å². The van der Waals surface area contributed by atoms with Crippen molar-refractivity contribution in [2.45, 2.75) is 58.8 Å². The predicted molar refractivity (Wildman–Crippen MR) is 81.7 cm³/mol. The minimum absolute atomic E-state index is 0.401. The number of ether oxygens (including phenoxy) is 2. The van der Waals surface area contributed by atoms with E-state index >= 15 is 0 Å². The van der Waals surface area contributed by atoms with Crippen LogP contribution < -0.4 is 0 Å². The minimum Gasteiger partial charge on any atom is -0.463 e. The van der Waals surface area contributed by atoms with Crippen LogP contribution in [0.4, 0.5) is 0 Å². The second-order valence-corrected chi connectivity index (χ2v) is 6.17. The zero-order valence-electron chi connectivity index (χ0n) is 13.3. The molecule has 1 rings (SSSR count). The number of hydrogen-bond donors (Lipinski definition) is 0. The van der Waals surface area contributed by atoms with Gasteiger partial charge in [-0.15, -0.1) is 0 Å². The fourth-order valence-corrected chi connectivity index (χ4v) is 2.45. The predicted octanol–water partition coefficient (Wildman–Crippen LogP) is 3.65. The Morgan fingerprint density at radius 2 is 1.67 bits per heavy atom. The van der Waals surface area contributed by atoms with Crippen molar-refractivity contribution in [3.8, 4) is 0 Å². The molecule has 1 saturated carbocycles. The SMILES string of the molecule is CC(C)CCCOC(=O)/C=C/C(=O)OCC1CCCCC1. The summed E-state index contributed by atoms with van der Waals surface area (Å²) in [5, 5.41) is 0. The van der Waals surface area contributed by atoms with Crippen molar-refractivity contribution >= 4 is 11.9 Å². The van der Waals surface area contributed by atoms with Crippen LogP contribution >= 0.6 is 0 Å². The first-order chi connectivity index (χ1) is 10.1. The monoisotopic (exact) mass is 296 g/mol. The lowest BCUT2D eigenvalue weighted by molar-refractivity contribution is -0.141. The molecule has 0 atom stereocenters. The minimum atomic E-state index is -0.478. The molecule has 0 amide bonds. The highest BCUT2D eigenvalue weighted by atomic mass is 16.5. The number of esters is 2. The first-order valence-corrected chi connectivity index (χ1v) is 8.09. The average Bonchev–Trinajstić information content (AvgIpc) is 2.48. The lowest BCUT2D eigenvalue weighted by Crippen LogP contribution is -2.15. The van der Waals surface area contributed by atoms with E-state index < -0.39 is 11.9 Å². The summed E-state index contributed by atoms with van der Waals surface area (Å²) in [6.45, 7) is 5.12. The van der Waals surface area contributed by atoms with Gasteiger partial charge in [-0.25, -0.2) is 9.59 Å². The molecule has 1 aliphatic carbocycles. The molecule has 0 N–H and O–H groups in total. The van der Waals surface area contributed by atoms with Crippen LogP contribution in [-0.4, -0.2) is 25.2 Å². The molecule has 0 aromatic heterocycles. The first kappa shape index (κ1) is 17.7. The normalized spacial score (nSPS) is 16.3. The average molecular weight is 296 g/mol. The van der Waals surface area contributed by atoms with Crippen molar-refractivity contribution in [2.24, 2.45) is 11.8 Å². The number of hydrogen-bond acceptors (Lipinski definition) is 4. The first-order valence-electron chi connectivity index (χ1n) is 8.09. The Balaban J connectivity index is 2.10. The molecule has 0 bridgehead atoms. The van der Waals surface area contributed by atoms with E-state index in [1.54, 1.807) is 0 Å². The van der Waals surface area contributed by atoms with Crippen LogP contribution in [0.5, 0.6) is 0 Å². The molecule has 0 radical (unpaired) electrons. The van der Waals surface area contributed by atoms with Crippen LogP contribution in [0.1, 0.15) is 58.8 Å². The quantitative estimate of drug-likeness (QED) is 0.390. The summed E-state index contributed by atoms with van der Waals surface area (Å²) < 4.78 is 10.2. The zero-order chi connectivity index (χ0) is 15.5. The van der Waals surface area contributed by atoms with Gasteiger partial charge in [-0.1, -0.05) is 33.1 Å². The Morgan fingerprint density at radius 3 is 2.29 bits per heavy atom. The lowest BCUT2D eigenvalue weighted by atomic mass is 9.90. The molecule has 0 aromatic rings. The van der Waals surface area contributed by atoms with Crippen molar-refractivity contribution in [2.75, 3.05) is 13.2 Å². The van der Waals surface area contributed by atoms with Crippen molar-refractivity contribution in [1.82, 2.24) is 0 Å². The summed E-state index contributed by atoms with van der Waals surface area (Å²) in [6.07, 6.45) is 10.2. The summed E-state index contributed by atoms with van der Waals surface area (Å²) in [5.74, 6) is 0.154. The van der Waals surface area contributed by atoms with E-state index in [1.807, 2.05) is 0 Å². The van der Waals surface area contributed by atoms with Crippen molar-refractivity contribution < 1.29 is 19.1 Å². The highest BCUT2D eigenvalue weighted by Gasteiger charge is 2.14. The highest BCUT2D eigenvalue weighted by Crippen LogP contribution is 2.23. The van der Waals surface area contributed by atoms with Crippen molar-refractivity contribution in [3.63, 3.8) is 0 Å². The van der Waals surface area contributed by atoms with E-state index in [1.165, 1.54) is 19.3 Å². The molecule has 120 valence electrons. The topological polar surface area (TPSA) is 52.6 Å². The molecule has 0 aliphatic heterocycles. The molecule has 0 heterocycles. The maximum absolute atomic E-state index is 11.5. The molecule has 0 spiro atoms. The highest BCUT2D eigenvalue weighted by molar-refractivity contribution is 5.91. The molecule has 0 aromatic carbocycles. The van der Waals surface area contributed by atoms with Crippen LogP contribution in [0.3, 0.4) is 0 Å². The van der Waals surface area contributed by atoms with Gasteiger partial charge in [0.2, 0.25) is 0 Å². The molecule has 4 heteroatoms. The number of rotatable bonds is 8. The standard InChI is InChI=1S/C17H28O4/c1-14(2)7-6-12-20-16(18)10-11-17(19)21-13-15-8-4-3-5-9-15/h10-11,14-15H,3-9,12-13H2,1-2H3/b11-10+. The largest absolute Gasteiger partial charge is 0.463 e. The Morgan fingerprint density at radius 1 is 1.05 bits per heavy atom. The maximum Gasteiger partial charge on any atom is 0.331 e. The van der Waals surface area contributed by atoms with Gasteiger partial charge in [-0.3, -0.25) is 0 Å². The van der Waals surface area contributed by atoms with E-state index in [9.17, 15) is 9.59 Å². The molecule has 0 saturated heterocycles. The molecule has 21 heavy (non-hydrogen) atoms. The summed E-state index contributed by atoms with van der Waals surface area (Å²) >= 11 is 0. The number of carbonyl (C=O) groups is 2. The van der Waals surface area contributed by atoms with E-state index in [2.05, 4.69) is 13.8 Å². The van der Waals surface area contributed by atoms with Gasteiger partial charge in [0, 0.05) is 12.2 Å². The Labute approximate surface area is 127 Å². The third-order valence-electron chi connectivity index (χ3n) is 3.71. The van der Waals surface area contributed by atoms with Crippen LogP contribution in [0.15, 0.2) is 12.2 Å². The van der Waals surface area contributed by atoms with Crippen molar-refractivity contribution in [3.05, 3.63) is 12.2 Å². The van der Waals surface area contributed by atoms with Crippen LogP contribution in [0.25, 0.3) is 0 Å². The summed E-state index contributed by atoms with van der Waals surface area (Å²) in [7, 11) is 0. The molecular formula is C17H28O4. The van der Waals surface area contributed by atoms with E-state index in [-0.39, 0.29) is 0 Å². The molecule has 0 unspecified atom stereocenters. The van der Waals surface area contributed by atoms with Crippen LogP contribution in [-0.2, 0) is 19.1 Å². The molecular weight excluding hydrogens is 268 g/mol. The van der Waals surface area contributed by atoms with Gasteiger partial charge in [-0.2, -0.15) is 0 Å². The van der Waals surface area contributed by atoms with Gasteiger partial charge in [0.05, 0.1) is 13.2 Å². The molecule has 4 nitrogen and oxygen atoms in total. The Bertz CT molecular complexity index is 341. The summed E-state index contributed by atoms with van der Waals surface area (Å²) in [5.41, 5.74) is 0. The smallest absolute Gasteiger partial charge is 0.331 e. The maximum atomic E-state index is 11.5. The fraction of sp³-hybridized carbons (Fsp3) is 0.765. The fourth-order valence-electron chi connectivity index (χ4n) is 2.45. The second-order valence-electron chi connectivity index (χ2n) is 6.17. The molecule has 1 aliphatic rings. The van der Waals surface area contributed by atoms with Gasteiger partial charge in [0.1, 0.15) is 0 Å². The van der Waals surface area contributed by atoms with E-state index in [0.717, 1.165) is 37.8 Å². The van der Waals surface area contributed by atoms with Gasteiger partial charge in [0.15, 0.2) is 0 Å². The lowest BCUT2D eigenvalue weighted by Gasteiger charge is -2.20. The number of carbonyl (C=O) groups excluding carboxylic acids is 2. The zero-order valence-corrected chi connectivity index (χ0v) is 13.3. The Kier molecular flexibility index (Phi) is 8.79. The van der Waals surface area contributed by atoms with E-state index in [0.29, 0.717) is 25.0 Å². The third kappa shape index (κ3) is 9.27. The summed E-state index contributed by atoms with van der Waals surface area (Å²) in [4.78, 5) is 22.9. The van der Waals surface area contributed by atoms with Crippen LogP contribution in [0, 0.1) is 11.8 Å². The van der Waals surface area contributed by atoms with Gasteiger partial charge in [0.25, 0.3) is 0 Å². The third-order valence-corrected chi connectivity index (χ3v) is 3.71. The van der Waals surface area contributed by atoms with Gasteiger partial charge < -0.3 is 9.47 Å². The summed E-state index contributed by atoms with van der Waals surface area (Å²) in [6, 6.07) is 0. The van der Waals surface area contributed by atoms with Gasteiger partial charge >= 0.3 is 11.9 Å². The molecule has 1 fully saturated rings.